The highest BCUT2D eigenvalue weighted by atomic mass is 19.1. The Hall–Kier alpha value is -2.90. The number of halogens is 1. The second kappa shape index (κ2) is 6.92. The van der Waals surface area contributed by atoms with E-state index in [1.807, 2.05) is 13.8 Å². The average molecular weight is 387 g/mol. The van der Waals surface area contributed by atoms with E-state index in [0.29, 0.717) is 30.0 Å². The van der Waals surface area contributed by atoms with Gasteiger partial charge in [0.2, 0.25) is 5.88 Å². The summed E-state index contributed by atoms with van der Waals surface area (Å²) in [6.07, 6.45) is 1.09. The number of pyridine rings is 1. The molecular weight excluding hydrogens is 365 g/mol. The fraction of sp³-hybridized carbons (Fsp3) is 0.450. The number of aromatic nitrogens is 1. The van der Waals surface area contributed by atoms with Gasteiger partial charge in [-0.05, 0) is 30.9 Å². The van der Waals surface area contributed by atoms with Crippen LogP contribution in [-0.4, -0.2) is 41.7 Å². The molecular formula is C20H22FN3O4. The molecule has 148 valence electrons. The molecule has 4 atom stereocenters. The van der Waals surface area contributed by atoms with E-state index in [0.717, 1.165) is 16.3 Å². The molecule has 1 fully saturated rings. The summed E-state index contributed by atoms with van der Waals surface area (Å²) in [4.78, 5) is 27.8. The zero-order chi connectivity index (χ0) is 20.0. The molecule has 28 heavy (non-hydrogen) atoms. The van der Waals surface area contributed by atoms with Crippen molar-refractivity contribution in [2.75, 3.05) is 6.61 Å². The van der Waals surface area contributed by atoms with Crippen molar-refractivity contribution in [2.45, 2.75) is 45.0 Å². The van der Waals surface area contributed by atoms with Crippen molar-refractivity contribution in [2.24, 2.45) is 11.7 Å². The van der Waals surface area contributed by atoms with Crippen LogP contribution in [0.4, 0.5) is 4.39 Å². The molecule has 1 saturated heterocycles. The number of ether oxygens (including phenoxy) is 2. The van der Waals surface area contributed by atoms with Crippen molar-refractivity contribution in [3.63, 3.8) is 0 Å². The lowest BCUT2D eigenvalue weighted by Gasteiger charge is -2.19. The number of amides is 2. The summed E-state index contributed by atoms with van der Waals surface area (Å²) in [6, 6.07) is 3.03. The monoisotopic (exact) mass is 387 g/mol. The number of fused-ring (bicyclic) bond motifs is 3. The Labute approximate surface area is 161 Å². The summed E-state index contributed by atoms with van der Waals surface area (Å²) in [7, 11) is 0. The molecule has 2 amide bonds. The van der Waals surface area contributed by atoms with Gasteiger partial charge in [-0.1, -0.05) is 6.92 Å². The van der Waals surface area contributed by atoms with Crippen LogP contribution in [0.15, 0.2) is 18.3 Å². The number of alkyl halides is 1. The maximum absolute atomic E-state index is 14.0. The molecule has 4 rings (SSSR count). The highest BCUT2D eigenvalue weighted by Gasteiger charge is 2.42. The zero-order valence-electron chi connectivity index (χ0n) is 15.7. The van der Waals surface area contributed by atoms with E-state index in [2.05, 4.69) is 10.3 Å². The summed E-state index contributed by atoms with van der Waals surface area (Å²) in [5.74, 6) is -0.748. The number of nitrogens with one attached hydrogen (secondary N) is 1. The van der Waals surface area contributed by atoms with Gasteiger partial charge in [0.15, 0.2) is 6.17 Å². The third-order valence-electron chi connectivity index (χ3n) is 5.49. The Morgan fingerprint density at radius 3 is 3.00 bits per heavy atom. The zero-order valence-corrected chi connectivity index (χ0v) is 15.7. The summed E-state index contributed by atoms with van der Waals surface area (Å²) in [6.45, 7) is 3.87. The number of carbonyl (C=O) groups excluding carboxylic acids is 2. The van der Waals surface area contributed by atoms with Crippen molar-refractivity contribution in [3.8, 4) is 11.6 Å². The number of carbonyl (C=O) groups is 2. The maximum atomic E-state index is 14.0. The van der Waals surface area contributed by atoms with Crippen LogP contribution in [0.5, 0.6) is 11.6 Å². The fourth-order valence-corrected chi connectivity index (χ4v) is 4.12. The number of hydrogen-bond donors (Lipinski definition) is 2. The lowest BCUT2D eigenvalue weighted by Crippen LogP contribution is -2.34. The molecule has 0 spiro atoms. The number of hydrogen-bond acceptors (Lipinski definition) is 5. The number of nitrogens with zero attached hydrogens (tertiary/aromatic N) is 1. The minimum Gasteiger partial charge on any atom is -0.489 e. The summed E-state index contributed by atoms with van der Waals surface area (Å²) < 4.78 is 25.8. The van der Waals surface area contributed by atoms with E-state index in [1.54, 1.807) is 18.3 Å². The Morgan fingerprint density at radius 2 is 2.29 bits per heavy atom. The Morgan fingerprint density at radius 1 is 1.50 bits per heavy atom. The molecule has 0 radical (unpaired) electrons. The van der Waals surface area contributed by atoms with Gasteiger partial charge in [-0.2, -0.15) is 0 Å². The van der Waals surface area contributed by atoms with Crippen LogP contribution in [0.2, 0.25) is 0 Å². The predicted molar refractivity (Wildman–Crippen MR) is 100 cm³/mol. The van der Waals surface area contributed by atoms with Gasteiger partial charge in [-0.15, -0.1) is 0 Å². The molecule has 0 unspecified atom stereocenters. The van der Waals surface area contributed by atoms with Gasteiger partial charge >= 0.3 is 0 Å². The summed E-state index contributed by atoms with van der Waals surface area (Å²) >= 11 is 0. The van der Waals surface area contributed by atoms with Crippen molar-refractivity contribution >= 4 is 22.6 Å². The third kappa shape index (κ3) is 2.93. The Balaban J connectivity index is 1.70. The van der Waals surface area contributed by atoms with Gasteiger partial charge in [0.05, 0.1) is 17.0 Å². The Bertz CT molecular complexity index is 964. The van der Waals surface area contributed by atoms with Gasteiger partial charge < -0.3 is 20.5 Å². The highest BCUT2D eigenvalue weighted by Crippen LogP contribution is 2.41. The van der Waals surface area contributed by atoms with Crippen molar-refractivity contribution in [1.29, 1.82) is 0 Å². The number of rotatable bonds is 5. The van der Waals surface area contributed by atoms with E-state index in [-0.39, 0.29) is 12.7 Å². The van der Waals surface area contributed by atoms with Crippen LogP contribution in [0.1, 0.15) is 36.2 Å². The number of benzene rings is 1. The molecule has 0 saturated carbocycles. The van der Waals surface area contributed by atoms with Crippen molar-refractivity contribution in [3.05, 3.63) is 29.5 Å². The Kier molecular flexibility index (Phi) is 4.56. The second-order valence-electron chi connectivity index (χ2n) is 7.34. The van der Waals surface area contributed by atoms with Crippen LogP contribution >= 0.6 is 0 Å². The quantitative estimate of drug-likeness (QED) is 0.816. The first-order chi connectivity index (χ1) is 13.4. The van der Waals surface area contributed by atoms with Crippen molar-refractivity contribution < 1.29 is 23.5 Å². The van der Waals surface area contributed by atoms with Gasteiger partial charge in [0, 0.05) is 24.1 Å². The number of nitrogens with two attached hydrogens (primary N) is 1. The lowest BCUT2D eigenvalue weighted by atomic mass is 9.96. The van der Waals surface area contributed by atoms with Crippen LogP contribution in [0.25, 0.3) is 10.8 Å². The normalized spacial score (nSPS) is 26.0. The first-order valence-corrected chi connectivity index (χ1v) is 9.39. The topological polar surface area (TPSA) is 104 Å². The molecule has 0 aliphatic carbocycles. The molecule has 8 heteroatoms. The lowest BCUT2D eigenvalue weighted by molar-refractivity contribution is -0.123. The molecule has 2 aliphatic rings. The number of primary amides is 1. The second-order valence-corrected chi connectivity index (χ2v) is 7.34. The molecule has 0 bridgehead atoms. The van der Waals surface area contributed by atoms with Gasteiger partial charge in [-0.25, -0.2) is 9.37 Å². The first-order valence-electron chi connectivity index (χ1n) is 9.39. The molecule has 3 N–H and O–H groups in total. The van der Waals surface area contributed by atoms with E-state index < -0.39 is 29.9 Å². The standard InChI is InChI=1S/C20H22FN3O4/c1-3-11-14(24-19(26)16(11)21)8-27-20-15-10(4-5-23-20)7-13(18(22)25)17-12(15)6-9(2)28-17/h4-5,7,9,11,14,16H,3,6,8H2,1-2H3,(H2,22,25)(H,24,26)/t9-,11-,14+,16-/m0/s1. The van der Waals surface area contributed by atoms with E-state index in [4.69, 9.17) is 15.2 Å². The van der Waals surface area contributed by atoms with Gasteiger partial charge in [-0.3, -0.25) is 9.59 Å². The molecule has 2 aliphatic heterocycles. The molecule has 2 aromatic rings. The summed E-state index contributed by atoms with van der Waals surface area (Å²) in [5.41, 5.74) is 6.68. The van der Waals surface area contributed by atoms with Crippen LogP contribution < -0.4 is 20.5 Å². The maximum Gasteiger partial charge on any atom is 0.255 e. The third-order valence-corrected chi connectivity index (χ3v) is 5.49. The largest absolute Gasteiger partial charge is 0.489 e. The van der Waals surface area contributed by atoms with Crippen LogP contribution in [0, 0.1) is 5.92 Å². The average Bonchev–Trinajstić information content (AvgIpc) is 3.18. The van der Waals surface area contributed by atoms with Crippen LogP contribution in [0.3, 0.4) is 0 Å². The minimum absolute atomic E-state index is 0.0994. The molecule has 7 nitrogen and oxygen atoms in total. The van der Waals surface area contributed by atoms with E-state index >= 15 is 0 Å². The summed E-state index contributed by atoms with van der Waals surface area (Å²) in [5, 5.41) is 4.17. The molecule has 3 heterocycles. The van der Waals surface area contributed by atoms with Crippen LogP contribution in [-0.2, 0) is 11.2 Å². The fourth-order valence-electron chi connectivity index (χ4n) is 4.12. The predicted octanol–water partition coefficient (Wildman–Crippen LogP) is 1.90. The van der Waals surface area contributed by atoms with Gasteiger partial charge in [0.1, 0.15) is 18.5 Å². The first kappa shape index (κ1) is 18.5. The van der Waals surface area contributed by atoms with E-state index in [9.17, 15) is 14.0 Å². The smallest absolute Gasteiger partial charge is 0.255 e. The van der Waals surface area contributed by atoms with Gasteiger partial charge in [0.25, 0.3) is 11.8 Å². The highest BCUT2D eigenvalue weighted by molar-refractivity contribution is 6.04. The molecule has 1 aromatic carbocycles. The minimum atomic E-state index is -1.52. The van der Waals surface area contributed by atoms with Crippen molar-refractivity contribution in [1.82, 2.24) is 10.3 Å². The molecule has 1 aromatic heterocycles. The SMILES string of the molecule is CC[C@@H]1[C@H](F)C(=O)N[C@@H]1COc1nccc2cc(C(N)=O)c3c(c12)C[C@H](C)O3. The van der Waals surface area contributed by atoms with E-state index in [1.165, 1.54) is 0 Å².